The number of ether oxygens (including phenoxy) is 12. The summed E-state index contributed by atoms with van der Waals surface area (Å²) in [5, 5.41) is 0. The summed E-state index contributed by atoms with van der Waals surface area (Å²) in [4.78, 5) is 17.7. The van der Waals surface area contributed by atoms with Crippen LogP contribution in [0.3, 0.4) is 0 Å². The van der Waals surface area contributed by atoms with E-state index in [4.69, 9.17) is 56.8 Å². The molecule has 298 valence electrons. The minimum atomic E-state index is 0.450. The number of anilines is 2. The lowest BCUT2D eigenvalue weighted by molar-refractivity contribution is -0.0149. The highest BCUT2D eigenvalue weighted by molar-refractivity contribution is 5.57. The van der Waals surface area contributed by atoms with Gasteiger partial charge in [-0.05, 0) is 12.5 Å². The monoisotopic (exact) mass is 735 g/mol. The van der Waals surface area contributed by atoms with E-state index in [1.807, 2.05) is 30.8 Å². The van der Waals surface area contributed by atoms with Crippen molar-refractivity contribution < 1.29 is 56.8 Å². The standard InChI is InChI=1S/C34H65N5O12/c1-31(2)32-35-33(38(3)4)37-34(36-32)39(7-9-42-15-17-46-23-25-50-29-27-48-21-19-44-13-11-40-5)8-10-43-16-18-47-24-26-51-30-28-49-22-20-45-14-12-41-6/h1,7-30H2,2-6H3. The van der Waals surface area contributed by atoms with E-state index in [9.17, 15) is 0 Å². The van der Waals surface area contributed by atoms with Crippen LogP contribution in [0.2, 0.25) is 0 Å². The molecule has 0 amide bonds. The molecule has 17 heteroatoms. The van der Waals surface area contributed by atoms with E-state index in [1.165, 1.54) is 0 Å². The Morgan fingerprint density at radius 2 is 0.706 bits per heavy atom. The van der Waals surface area contributed by atoms with Crippen molar-refractivity contribution in [2.75, 3.05) is 197 Å². The number of aromatic nitrogens is 3. The number of nitrogens with zero attached hydrogens (tertiary/aromatic N) is 5. The number of methoxy groups -OCH3 is 2. The maximum absolute atomic E-state index is 5.85. The quantitative estimate of drug-likeness (QED) is 0.0890. The molecule has 0 aliphatic rings. The second-order valence-corrected chi connectivity index (χ2v) is 11.0. The van der Waals surface area contributed by atoms with Crippen LogP contribution in [0.5, 0.6) is 0 Å². The number of rotatable bonds is 39. The lowest BCUT2D eigenvalue weighted by atomic mass is 10.3. The Kier molecular flexibility index (Phi) is 32.1. The molecule has 0 aliphatic carbocycles. The molecule has 1 rings (SSSR count). The first-order valence-electron chi connectivity index (χ1n) is 17.6. The van der Waals surface area contributed by atoms with E-state index in [-0.39, 0.29) is 0 Å². The summed E-state index contributed by atoms with van der Waals surface area (Å²) in [5.41, 5.74) is 0.753. The molecule has 0 saturated carbocycles. The summed E-state index contributed by atoms with van der Waals surface area (Å²) in [5.74, 6) is 1.62. The van der Waals surface area contributed by atoms with Gasteiger partial charge in [0.15, 0.2) is 5.82 Å². The zero-order valence-corrected chi connectivity index (χ0v) is 31.8. The van der Waals surface area contributed by atoms with E-state index in [0.29, 0.717) is 176 Å². The highest BCUT2D eigenvalue weighted by Crippen LogP contribution is 2.16. The molecule has 1 aromatic rings. The maximum Gasteiger partial charge on any atom is 0.230 e. The third kappa shape index (κ3) is 28.1. The van der Waals surface area contributed by atoms with Crippen LogP contribution in [0.15, 0.2) is 6.58 Å². The number of allylic oxidation sites excluding steroid dienone is 1. The summed E-state index contributed by atoms with van der Waals surface area (Å²) in [6.45, 7) is 18.1. The molecule has 0 aromatic carbocycles. The second kappa shape index (κ2) is 34.9. The molecular weight excluding hydrogens is 670 g/mol. The lowest BCUT2D eigenvalue weighted by Crippen LogP contribution is -2.34. The Morgan fingerprint density at radius 3 is 0.980 bits per heavy atom. The largest absolute Gasteiger partial charge is 0.382 e. The van der Waals surface area contributed by atoms with Crippen LogP contribution in [0.4, 0.5) is 11.9 Å². The molecule has 51 heavy (non-hydrogen) atoms. The van der Waals surface area contributed by atoms with Crippen LogP contribution in [-0.2, 0) is 56.8 Å². The zero-order valence-electron chi connectivity index (χ0n) is 31.8. The van der Waals surface area contributed by atoms with Crippen LogP contribution < -0.4 is 9.80 Å². The average Bonchev–Trinajstić information content (AvgIpc) is 3.13. The van der Waals surface area contributed by atoms with Gasteiger partial charge in [-0.3, -0.25) is 0 Å². The molecular formula is C34H65N5O12. The molecule has 0 spiro atoms. The first-order valence-corrected chi connectivity index (χ1v) is 17.6. The third-order valence-electron chi connectivity index (χ3n) is 6.53. The average molecular weight is 736 g/mol. The van der Waals surface area contributed by atoms with Crippen molar-refractivity contribution in [3.05, 3.63) is 12.4 Å². The Labute approximate surface area is 305 Å². The minimum Gasteiger partial charge on any atom is -0.382 e. The van der Waals surface area contributed by atoms with E-state index in [2.05, 4.69) is 21.5 Å². The fourth-order valence-electron chi connectivity index (χ4n) is 3.80. The molecule has 0 unspecified atom stereocenters. The van der Waals surface area contributed by atoms with Crippen LogP contribution in [0, 0.1) is 0 Å². The highest BCUT2D eigenvalue weighted by atomic mass is 16.6. The van der Waals surface area contributed by atoms with Gasteiger partial charge in [0, 0.05) is 41.4 Å². The van der Waals surface area contributed by atoms with E-state index >= 15 is 0 Å². The van der Waals surface area contributed by atoms with Gasteiger partial charge < -0.3 is 66.6 Å². The maximum atomic E-state index is 5.85. The first kappa shape index (κ1) is 46.9. The molecule has 0 fully saturated rings. The van der Waals surface area contributed by atoms with Crippen molar-refractivity contribution in [1.82, 2.24) is 15.0 Å². The molecule has 0 radical (unpaired) electrons. The van der Waals surface area contributed by atoms with Crippen LogP contribution in [-0.4, -0.2) is 202 Å². The first-order chi connectivity index (χ1) is 25.0. The number of hydrogen-bond donors (Lipinski definition) is 0. The fraction of sp³-hybridized carbons (Fsp3) is 0.853. The van der Waals surface area contributed by atoms with Gasteiger partial charge in [0.05, 0.1) is 145 Å². The van der Waals surface area contributed by atoms with Crippen LogP contribution in [0.1, 0.15) is 12.7 Å². The summed E-state index contributed by atoms with van der Waals surface area (Å²) in [6.07, 6.45) is 0. The topological polar surface area (TPSA) is 156 Å². The SMILES string of the molecule is C=C(C)c1nc(N(C)C)nc(N(CCOCCOCCOCCOCCOCCOC)CCOCCOCCOCCOCCOCCOC)n1. The van der Waals surface area contributed by atoms with Crippen LogP contribution in [0.25, 0.3) is 5.57 Å². The van der Waals surface area contributed by atoms with Gasteiger partial charge in [-0.15, -0.1) is 0 Å². The Morgan fingerprint density at radius 1 is 0.431 bits per heavy atom. The Bertz CT molecular complexity index is 900. The van der Waals surface area contributed by atoms with Gasteiger partial charge in [-0.25, -0.2) is 0 Å². The van der Waals surface area contributed by atoms with Crippen molar-refractivity contribution in [2.24, 2.45) is 0 Å². The molecule has 0 atom stereocenters. The second-order valence-electron chi connectivity index (χ2n) is 11.0. The number of hydrogen-bond acceptors (Lipinski definition) is 17. The molecule has 0 aliphatic heterocycles. The summed E-state index contributed by atoms with van der Waals surface area (Å²) in [6, 6.07) is 0. The smallest absolute Gasteiger partial charge is 0.230 e. The van der Waals surface area contributed by atoms with Crippen molar-refractivity contribution in [1.29, 1.82) is 0 Å². The molecule has 0 saturated heterocycles. The van der Waals surface area contributed by atoms with Gasteiger partial charge in [-0.2, -0.15) is 15.0 Å². The van der Waals surface area contributed by atoms with Crippen molar-refractivity contribution >= 4 is 17.5 Å². The van der Waals surface area contributed by atoms with Crippen molar-refractivity contribution in [2.45, 2.75) is 6.92 Å². The van der Waals surface area contributed by atoms with E-state index < -0.39 is 0 Å². The van der Waals surface area contributed by atoms with Crippen molar-refractivity contribution in [3.63, 3.8) is 0 Å². The molecule has 1 aromatic heterocycles. The zero-order chi connectivity index (χ0) is 37.0. The Balaban J connectivity index is 2.26. The summed E-state index contributed by atoms with van der Waals surface area (Å²) >= 11 is 0. The van der Waals surface area contributed by atoms with Gasteiger partial charge in [0.1, 0.15) is 0 Å². The third-order valence-corrected chi connectivity index (χ3v) is 6.53. The predicted octanol–water partition coefficient (Wildman–Crippen LogP) is 1.24. The summed E-state index contributed by atoms with van der Waals surface area (Å²) < 4.78 is 65.4. The van der Waals surface area contributed by atoms with Gasteiger partial charge >= 0.3 is 0 Å². The van der Waals surface area contributed by atoms with E-state index in [0.717, 1.165) is 5.57 Å². The minimum absolute atomic E-state index is 0.450. The Hall–Kier alpha value is -2.13. The van der Waals surface area contributed by atoms with Gasteiger partial charge in [-0.1, -0.05) is 6.58 Å². The summed E-state index contributed by atoms with van der Waals surface area (Å²) in [7, 11) is 7.07. The van der Waals surface area contributed by atoms with Crippen LogP contribution >= 0.6 is 0 Å². The highest BCUT2D eigenvalue weighted by Gasteiger charge is 2.15. The molecule has 1 heterocycles. The van der Waals surface area contributed by atoms with Gasteiger partial charge in [0.2, 0.25) is 11.9 Å². The molecule has 0 bridgehead atoms. The van der Waals surface area contributed by atoms with E-state index in [1.54, 1.807) is 14.2 Å². The van der Waals surface area contributed by atoms with Gasteiger partial charge in [0.25, 0.3) is 0 Å². The molecule has 0 N–H and O–H groups in total. The molecule has 17 nitrogen and oxygen atoms in total. The predicted molar refractivity (Wildman–Crippen MR) is 193 cm³/mol. The normalized spacial score (nSPS) is 11.4. The fourth-order valence-corrected chi connectivity index (χ4v) is 3.80. The van der Waals surface area contributed by atoms with Crippen molar-refractivity contribution in [3.8, 4) is 0 Å². The lowest BCUT2D eigenvalue weighted by Gasteiger charge is -2.24.